The monoisotopic (exact) mass is 439 g/mol. The number of nitrogens with zero attached hydrogens (tertiary/aromatic N) is 2. The second kappa shape index (κ2) is 8.02. The van der Waals surface area contributed by atoms with Crippen molar-refractivity contribution in [1.29, 1.82) is 0 Å². The van der Waals surface area contributed by atoms with Gasteiger partial charge < -0.3 is 4.43 Å². The van der Waals surface area contributed by atoms with Crippen LogP contribution in [0.5, 0.6) is 0 Å². The van der Waals surface area contributed by atoms with Gasteiger partial charge in [0.2, 0.25) is 5.91 Å². The molecule has 1 saturated carbocycles. The Balaban J connectivity index is 1.49. The molecule has 0 bridgehead atoms. The molecule has 0 spiro atoms. The van der Waals surface area contributed by atoms with Crippen LogP contribution in [0.2, 0.25) is 18.1 Å². The summed E-state index contributed by atoms with van der Waals surface area (Å²) >= 11 is 0. The molecule has 1 aromatic carbocycles. The van der Waals surface area contributed by atoms with E-state index in [1.165, 1.54) is 5.56 Å². The quantitative estimate of drug-likeness (QED) is 0.650. The van der Waals surface area contributed by atoms with Crippen molar-refractivity contribution in [2.24, 2.45) is 5.92 Å². The molecule has 4 rings (SSSR count). The summed E-state index contributed by atoms with van der Waals surface area (Å²) in [7, 11) is -1.71. The van der Waals surface area contributed by atoms with Crippen molar-refractivity contribution < 1.29 is 14.0 Å². The van der Waals surface area contributed by atoms with E-state index in [1.807, 2.05) is 12.3 Å². The van der Waals surface area contributed by atoms with E-state index >= 15 is 0 Å². The van der Waals surface area contributed by atoms with Gasteiger partial charge in [-0.2, -0.15) is 0 Å². The van der Waals surface area contributed by atoms with Gasteiger partial charge in [-0.25, -0.2) is 4.79 Å². The fourth-order valence-electron chi connectivity index (χ4n) is 4.24. The highest BCUT2D eigenvalue weighted by Crippen LogP contribution is 2.46. The number of benzene rings is 1. The Morgan fingerprint density at radius 1 is 1.16 bits per heavy atom. The van der Waals surface area contributed by atoms with Crippen molar-refractivity contribution in [1.82, 2.24) is 10.3 Å². The summed E-state index contributed by atoms with van der Waals surface area (Å²) in [6.07, 6.45) is 6.17. The number of aromatic nitrogens is 1. The number of carbonyl (C=O) groups excluding carboxylic acids is 2. The normalized spacial score (nSPS) is 22.4. The molecular weight excluding hydrogens is 406 g/mol. The molecule has 2 aromatic rings. The van der Waals surface area contributed by atoms with Crippen LogP contribution in [0.1, 0.15) is 51.5 Å². The lowest BCUT2D eigenvalue weighted by atomic mass is 9.71. The number of nitrogens with one attached hydrogen (secondary N) is 1. The summed E-state index contributed by atoms with van der Waals surface area (Å²) in [5, 5.41) is 4.75. The maximum absolute atomic E-state index is 12.4. The average Bonchev–Trinajstić information content (AvgIpc) is 2.65. The standard InChI is InChI=1S/C24H33N3O3Si/c1-24(2,3)31(4,5)30-15-16-11-17(12-16)18-7-6-8-19-20(18)13-25-14-21(19)27-10-9-22(28)26-23(27)29/h6-8,13-14,16-17H,9-12,15H2,1-5H3,(H,26,28,29)/t16-,17-. The Kier molecular flexibility index (Phi) is 5.68. The first-order chi connectivity index (χ1) is 14.6. The molecule has 2 heterocycles. The smallest absolute Gasteiger partial charge is 0.328 e. The maximum atomic E-state index is 12.4. The zero-order valence-electron chi connectivity index (χ0n) is 19.2. The lowest BCUT2D eigenvalue weighted by Crippen LogP contribution is -2.49. The lowest BCUT2D eigenvalue weighted by Gasteiger charge is -2.41. The molecule has 0 unspecified atom stereocenters. The second-order valence-corrected chi connectivity index (χ2v) is 15.3. The molecule has 1 aromatic heterocycles. The summed E-state index contributed by atoms with van der Waals surface area (Å²) in [6.45, 7) is 12.7. The topological polar surface area (TPSA) is 71.5 Å². The van der Waals surface area contributed by atoms with Gasteiger partial charge >= 0.3 is 6.03 Å². The number of anilines is 1. The molecule has 1 N–H and O–H groups in total. The van der Waals surface area contributed by atoms with E-state index in [-0.39, 0.29) is 17.0 Å². The molecule has 6 nitrogen and oxygen atoms in total. The predicted octanol–water partition coefficient (Wildman–Crippen LogP) is 5.20. The minimum atomic E-state index is -1.71. The van der Waals surface area contributed by atoms with Gasteiger partial charge in [-0.3, -0.25) is 20.0 Å². The van der Waals surface area contributed by atoms with Crippen LogP contribution >= 0.6 is 0 Å². The van der Waals surface area contributed by atoms with Crippen molar-refractivity contribution in [2.75, 3.05) is 18.1 Å². The molecule has 1 aliphatic heterocycles. The number of hydrogen-bond donors (Lipinski definition) is 1. The number of carbonyl (C=O) groups is 2. The zero-order valence-corrected chi connectivity index (χ0v) is 20.2. The Labute approximate surface area is 185 Å². The minimum Gasteiger partial charge on any atom is -0.417 e. The number of rotatable bonds is 5. The van der Waals surface area contributed by atoms with E-state index in [9.17, 15) is 9.59 Å². The van der Waals surface area contributed by atoms with Crippen molar-refractivity contribution >= 4 is 36.7 Å². The molecular formula is C24H33N3O3Si. The van der Waals surface area contributed by atoms with Crippen LogP contribution in [0.3, 0.4) is 0 Å². The van der Waals surface area contributed by atoms with Crippen molar-refractivity contribution in [2.45, 2.75) is 64.1 Å². The molecule has 2 aliphatic rings. The van der Waals surface area contributed by atoms with Gasteiger partial charge in [0, 0.05) is 36.5 Å². The SMILES string of the molecule is CC(C)(C)[Si](C)(C)OC[C@H]1C[C@H](c2cccc3c(N4CCC(=O)NC4=O)cncc32)C1. The Morgan fingerprint density at radius 2 is 1.90 bits per heavy atom. The van der Waals surface area contributed by atoms with Crippen molar-refractivity contribution in [3.63, 3.8) is 0 Å². The molecule has 1 aliphatic carbocycles. The summed E-state index contributed by atoms with van der Waals surface area (Å²) in [6, 6.07) is 5.91. The number of urea groups is 1. The van der Waals surface area contributed by atoms with Crippen LogP contribution < -0.4 is 10.2 Å². The first kappa shape index (κ1) is 22.0. The second-order valence-electron chi connectivity index (χ2n) is 10.5. The highest BCUT2D eigenvalue weighted by atomic mass is 28.4. The number of fused-ring (bicyclic) bond motifs is 1. The molecule has 0 atom stereocenters. The number of pyridine rings is 1. The van der Waals surface area contributed by atoms with E-state index in [1.54, 1.807) is 11.1 Å². The fraction of sp³-hybridized carbons (Fsp3) is 0.542. The molecule has 166 valence electrons. The van der Waals surface area contributed by atoms with E-state index in [2.05, 4.69) is 56.3 Å². The van der Waals surface area contributed by atoms with Crippen molar-refractivity contribution in [3.05, 3.63) is 36.2 Å². The molecule has 31 heavy (non-hydrogen) atoms. The molecule has 2 fully saturated rings. The summed E-state index contributed by atoms with van der Waals surface area (Å²) in [5.41, 5.74) is 2.06. The third kappa shape index (κ3) is 4.26. The van der Waals surface area contributed by atoms with Crippen LogP contribution in [0.4, 0.5) is 10.5 Å². The number of imide groups is 1. The predicted molar refractivity (Wildman–Crippen MR) is 126 cm³/mol. The first-order valence-corrected chi connectivity index (χ1v) is 14.1. The zero-order chi connectivity index (χ0) is 22.4. The highest BCUT2D eigenvalue weighted by Gasteiger charge is 2.39. The van der Waals surface area contributed by atoms with E-state index < -0.39 is 8.32 Å². The lowest BCUT2D eigenvalue weighted by molar-refractivity contribution is -0.120. The third-order valence-corrected chi connectivity index (χ3v) is 11.8. The van der Waals surface area contributed by atoms with Gasteiger partial charge in [0.25, 0.3) is 0 Å². The van der Waals surface area contributed by atoms with Crippen LogP contribution in [0, 0.1) is 5.92 Å². The van der Waals surface area contributed by atoms with Crippen LogP contribution in [-0.2, 0) is 9.22 Å². The summed E-state index contributed by atoms with van der Waals surface area (Å²) in [4.78, 5) is 29.9. The van der Waals surface area contributed by atoms with Crippen LogP contribution in [0.15, 0.2) is 30.6 Å². The van der Waals surface area contributed by atoms with Gasteiger partial charge in [0.1, 0.15) is 0 Å². The summed E-state index contributed by atoms with van der Waals surface area (Å²) in [5.74, 6) is 0.866. The molecule has 0 radical (unpaired) electrons. The minimum absolute atomic E-state index is 0.226. The van der Waals surface area contributed by atoms with Crippen LogP contribution in [0.25, 0.3) is 10.8 Å². The van der Waals surface area contributed by atoms with Crippen LogP contribution in [-0.4, -0.2) is 38.4 Å². The number of amides is 3. The van der Waals surface area contributed by atoms with Gasteiger partial charge in [-0.1, -0.05) is 39.0 Å². The van der Waals surface area contributed by atoms with Gasteiger partial charge in [-0.05, 0) is 48.4 Å². The third-order valence-electron chi connectivity index (χ3n) is 7.32. The van der Waals surface area contributed by atoms with Gasteiger partial charge in [-0.15, -0.1) is 0 Å². The maximum Gasteiger partial charge on any atom is 0.328 e. The number of hydrogen-bond acceptors (Lipinski definition) is 4. The highest BCUT2D eigenvalue weighted by molar-refractivity contribution is 6.74. The summed E-state index contributed by atoms with van der Waals surface area (Å²) < 4.78 is 6.44. The van der Waals surface area contributed by atoms with E-state index in [0.717, 1.165) is 35.9 Å². The fourth-order valence-corrected chi connectivity index (χ4v) is 5.32. The first-order valence-electron chi connectivity index (χ1n) is 11.2. The van der Waals surface area contributed by atoms with E-state index in [4.69, 9.17) is 4.43 Å². The van der Waals surface area contributed by atoms with E-state index in [0.29, 0.717) is 24.8 Å². The molecule has 3 amide bonds. The Morgan fingerprint density at radius 3 is 2.58 bits per heavy atom. The Bertz CT molecular complexity index is 1010. The largest absolute Gasteiger partial charge is 0.417 e. The molecule has 1 saturated heterocycles. The van der Waals surface area contributed by atoms with Gasteiger partial charge in [0.15, 0.2) is 8.32 Å². The average molecular weight is 440 g/mol. The van der Waals surface area contributed by atoms with Gasteiger partial charge in [0.05, 0.1) is 11.9 Å². The Hall–Kier alpha value is -2.25. The van der Waals surface area contributed by atoms with Crippen molar-refractivity contribution in [3.8, 4) is 0 Å². The molecule has 7 heteroatoms.